The maximum atomic E-state index is 13.8. The molecule has 3 fully saturated rings. The van der Waals surface area contributed by atoms with Crippen LogP contribution in [0.4, 0.5) is 23.2 Å². The quantitative estimate of drug-likeness (QED) is 0.266. The number of rotatable bonds is 7. The number of nitrogens with zero attached hydrogens (tertiary/aromatic N) is 2. The van der Waals surface area contributed by atoms with Gasteiger partial charge < -0.3 is 18.9 Å². The van der Waals surface area contributed by atoms with Crippen LogP contribution < -0.4 is 9.64 Å². The predicted molar refractivity (Wildman–Crippen MR) is 131 cm³/mol. The predicted octanol–water partition coefficient (Wildman–Crippen LogP) is 6.32. The van der Waals surface area contributed by atoms with Crippen LogP contribution in [0.5, 0.6) is 5.75 Å². The first-order valence-corrected chi connectivity index (χ1v) is 12.3. The van der Waals surface area contributed by atoms with Gasteiger partial charge in [-0.05, 0) is 68.9 Å². The van der Waals surface area contributed by atoms with Crippen molar-refractivity contribution < 1.29 is 31.6 Å². The third kappa shape index (κ3) is 5.70. The van der Waals surface area contributed by atoms with Gasteiger partial charge in [0, 0.05) is 34.8 Å². The van der Waals surface area contributed by atoms with Crippen LogP contribution in [0.15, 0.2) is 53.1 Å². The number of ether oxygens (including phenoxy) is 2. The first-order valence-electron chi connectivity index (χ1n) is 12.3. The molecule has 0 radical (unpaired) electrons. The van der Waals surface area contributed by atoms with E-state index in [4.69, 9.17) is 9.26 Å². The number of aromatic nitrogens is 1. The molecule has 0 N–H and O–H groups in total. The van der Waals surface area contributed by atoms with Crippen molar-refractivity contribution in [1.29, 1.82) is 0 Å². The first-order chi connectivity index (χ1) is 17.4. The van der Waals surface area contributed by atoms with E-state index in [0.717, 1.165) is 44.2 Å². The van der Waals surface area contributed by atoms with E-state index < -0.39 is 6.36 Å². The van der Waals surface area contributed by atoms with Gasteiger partial charge in [-0.2, -0.15) is 0 Å². The number of halogens is 4. The minimum absolute atomic E-state index is 0. The molecule has 2 aliphatic heterocycles. The van der Waals surface area contributed by atoms with Crippen LogP contribution in [0.2, 0.25) is 0 Å². The minimum atomic E-state index is -4.81. The van der Waals surface area contributed by atoms with Gasteiger partial charge in [-0.1, -0.05) is 23.4 Å². The van der Waals surface area contributed by atoms with Gasteiger partial charge >= 0.3 is 35.9 Å². The van der Waals surface area contributed by atoms with Gasteiger partial charge in [-0.3, -0.25) is 0 Å². The van der Waals surface area contributed by atoms with Gasteiger partial charge in [0.2, 0.25) is 0 Å². The second-order valence-corrected chi connectivity index (χ2v) is 9.87. The fraction of sp³-hybridized carbons (Fsp3) is 0.444. The molecule has 192 valence electrons. The van der Waals surface area contributed by atoms with Crippen LogP contribution >= 0.6 is 0 Å². The monoisotopic (exact) mass is 526 g/mol. The fourth-order valence-corrected chi connectivity index (χ4v) is 5.74. The Bertz CT molecular complexity index is 1230. The SMILES string of the molecule is Fc1cccc(N2C3CCC2CC(OCc2c(-c4ccccc4OC(F)(F)F)noc2C2CC2)C3)c1.[NaH]. The Morgan fingerprint density at radius 3 is 2.38 bits per heavy atom. The molecule has 3 aliphatic rings. The van der Waals surface area contributed by atoms with Gasteiger partial charge in [0.1, 0.15) is 23.0 Å². The number of piperidine rings is 1. The Hall–Kier alpha value is -2.07. The molecule has 10 heteroatoms. The van der Waals surface area contributed by atoms with Gasteiger partial charge in [0.25, 0.3) is 0 Å². The van der Waals surface area contributed by atoms with Crippen LogP contribution in [-0.2, 0) is 11.3 Å². The summed E-state index contributed by atoms with van der Waals surface area (Å²) in [4.78, 5) is 2.31. The Labute approximate surface area is 234 Å². The van der Waals surface area contributed by atoms with Gasteiger partial charge in [-0.25, -0.2) is 4.39 Å². The van der Waals surface area contributed by atoms with Crippen molar-refractivity contribution >= 4 is 35.2 Å². The number of fused-ring (bicyclic) bond motifs is 2. The molecule has 2 aromatic carbocycles. The van der Waals surface area contributed by atoms with Crippen LogP contribution in [0, 0.1) is 5.82 Å². The summed E-state index contributed by atoms with van der Waals surface area (Å²) in [5.41, 5.74) is 2.15. The summed E-state index contributed by atoms with van der Waals surface area (Å²) in [7, 11) is 0. The topological polar surface area (TPSA) is 47.7 Å². The number of alkyl halides is 3. The third-order valence-corrected chi connectivity index (χ3v) is 7.39. The molecule has 2 atom stereocenters. The summed E-state index contributed by atoms with van der Waals surface area (Å²) >= 11 is 0. The molecule has 1 saturated carbocycles. The molecule has 2 bridgehead atoms. The van der Waals surface area contributed by atoms with E-state index in [1.165, 1.54) is 18.2 Å². The van der Waals surface area contributed by atoms with E-state index >= 15 is 0 Å². The molecule has 0 spiro atoms. The van der Waals surface area contributed by atoms with E-state index in [0.29, 0.717) is 17.0 Å². The number of para-hydroxylation sites is 1. The average Bonchev–Trinajstić information content (AvgIpc) is 3.53. The standard InChI is InChI=1S/C27H26F4N2O3.Na.H/c28-17-4-3-5-18(12-17)33-19-10-11-20(33)14-21(13-19)34-15-23-25(32-36-26(23)16-8-9-16)22-6-1-2-7-24(22)35-27(29,30)31;;/h1-7,12,16,19-21H,8-11,13-15H2;;. The van der Waals surface area contributed by atoms with Crippen molar-refractivity contribution in [3.8, 4) is 17.0 Å². The molecule has 2 saturated heterocycles. The number of hydrogen-bond donors (Lipinski definition) is 0. The van der Waals surface area contributed by atoms with Crippen molar-refractivity contribution in [1.82, 2.24) is 5.16 Å². The van der Waals surface area contributed by atoms with Crippen LogP contribution in [-0.4, -0.2) is 59.3 Å². The van der Waals surface area contributed by atoms with Gasteiger partial charge in [-0.15, -0.1) is 13.2 Å². The molecule has 37 heavy (non-hydrogen) atoms. The van der Waals surface area contributed by atoms with Crippen LogP contribution in [0.1, 0.15) is 55.8 Å². The summed E-state index contributed by atoms with van der Waals surface area (Å²) in [6, 6.07) is 13.2. The molecular weight excluding hydrogens is 499 g/mol. The fourth-order valence-electron chi connectivity index (χ4n) is 5.74. The zero-order chi connectivity index (χ0) is 24.9. The van der Waals surface area contributed by atoms with Crippen molar-refractivity contribution in [3.05, 3.63) is 65.7 Å². The molecule has 3 aromatic rings. The van der Waals surface area contributed by atoms with Crippen molar-refractivity contribution in [2.75, 3.05) is 4.90 Å². The van der Waals surface area contributed by atoms with E-state index in [-0.39, 0.29) is 77.4 Å². The molecule has 1 aliphatic carbocycles. The zero-order valence-electron chi connectivity index (χ0n) is 19.5. The summed E-state index contributed by atoms with van der Waals surface area (Å²) in [6.45, 7) is 0.203. The molecule has 2 unspecified atom stereocenters. The number of benzene rings is 2. The molecule has 1 aromatic heterocycles. The van der Waals surface area contributed by atoms with E-state index in [9.17, 15) is 17.6 Å². The second kappa shape index (κ2) is 10.6. The van der Waals surface area contributed by atoms with Crippen LogP contribution in [0.25, 0.3) is 11.3 Å². The van der Waals surface area contributed by atoms with Gasteiger partial charge in [0.05, 0.1) is 12.7 Å². The molecular formula is C27H27F4N2NaO3. The van der Waals surface area contributed by atoms with E-state index in [1.807, 2.05) is 6.07 Å². The van der Waals surface area contributed by atoms with Crippen molar-refractivity contribution in [3.63, 3.8) is 0 Å². The normalized spacial score (nSPS) is 23.1. The van der Waals surface area contributed by atoms with E-state index in [2.05, 4.69) is 14.8 Å². The van der Waals surface area contributed by atoms with E-state index in [1.54, 1.807) is 24.3 Å². The molecule has 0 amide bonds. The summed E-state index contributed by atoms with van der Waals surface area (Å²) in [5.74, 6) is 0.342. The third-order valence-electron chi connectivity index (χ3n) is 7.39. The Morgan fingerprint density at radius 2 is 1.70 bits per heavy atom. The Balaban J connectivity index is 0.00000280. The van der Waals surface area contributed by atoms with Crippen molar-refractivity contribution in [2.24, 2.45) is 0 Å². The summed E-state index contributed by atoms with van der Waals surface area (Å²) in [6.07, 6.45) is 0.746. The van der Waals surface area contributed by atoms with Gasteiger partial charge in [0.15, 0.2) is 0 Å². The Kier molecular flexibility index (Phi) is 7.60. The number of anilines is 1. The second-order valence-electron chi connectivity index (χ2n) is 9.87. The zero-order valence-corrected chi connectivity index (χ0v) is 19.5. The van der Waals surface area contributed by atoms with Crippen molar-refractivity contribution in [2.45, 2.75) is 75.6 Å². The number of hydrogen-bond acceptors (Lipinski definition) is 5. The molecule has 5 nitrogen and oxygen atoms in total. The Morgan fingerprint density at radius 1 is 0.973 bits per heavy atom. The summed E-state index contributed by atoms with van der Waals surface area (Å²) in [5, 5.41) is 4.16. The molecule has 6 rings (SSSR count). The average molecular weight is 527 g/mol. The molecule has 3 heterocycles. The summed E-state index contributed by atoms with van der Waals surface area (Å²) < 4.78 is 69.1. The van der Waals surface area contributed by atoms with Crippen LogP contribution in [0.3, 0.4) is 0 Å². The maximum absolute atomic E-state index is 13.8. The first kappa shape index (κ1) is 26.5.